The molecule has 0 aliphatic carbocycles. The molecular formula is C16H19NO2S. The summed E-state index contributed by atoms with van der Waals surface area (Å²) in [6.07, 6.45) is 0. The predicted molar refractivity (Wildman–Crippen MR) is 82.3 cm³/mol. The van der Waals surface area contributed by atoms with Crippen molar-refractivity contribution in [1.82, 2.24) is 4.98 Å². The van der Waals surface area contributed by atoms with E-state index in [1.807, 2.05) is 24.4 Å². The number of nitrogens with zero attached hydrogens (tertiary/aromatic N) is 1. The maximum atomic E-state index is 11.8. The Bertz CT molecular complexity index is 638. The molecule has 106 valence electrons. The monoisotopic (exact) mass is 289 g/mol. The van der Waals surface area contributed by atoms with E-state index < -0.39 is 0 Å². The van der Waals surface area contributed by atoms with Crippen LogP contribution < -0.4 is 0 Å². The first-order chi connectivity index (χ1) is 9.31. The summed E-state index contributed by atoms with van der Waals surface area (Å²) in [4.78, 5) is 16.3. The smallest absolute Gasteiger partial charge is 0.337 e. The number of methoxy groups -OCH3 is 1. The minimum Gasteiger partial charge on any atom is -0.465 e. The van der Waals surface area contributed by atoms with Crippen LogP contribution in [0.4, 0.5) is 0 Å². The highest BCUT2D eigenvalue weighted by molar-refractivity contribution is 7.09. The van der Waals surface area contributed by atoms with Gasteiger partial charge in [-0.05, 0) is 36.1 Å². The van der Waals surface area contributed by atoms with Gasteiger partial charge >= 0.3 is 5.97 Å². The molecule has 0 atom stereocenters. The van der Waals surface area contributed by atoms with Crippen molar-refractivity contribution < 1.29 is 9.53 Å². The molecule has 0 N–H and O–H groups in total. The second-order valence-corrected chi connectivity index (χ2v) is 6.85. The van der Waals surface area contributed by atoms with Gasteiger partial charge in [0.15, 0.2) is 0 Å². The summed E-state index contributed by atoms with van der Waals surface area (Å²) in [6.45, 7) is 8.35. The number of esters is 1. The lowest BCUT2D eigenvalue weighted by Crippen LogP contribution is -2.13. The summed E-state index contributed by atoms with van der Waals surface area (Å²) in [6, 6.07) is 5.84. The molecule has 0 amide bonds. The van der Waals surface area contributed by atoms with E-state index in [1.54, 1.807) is 11.3 Å². The van der Waals surface area contributed by atoms with E-state index in [2.05, 4.69) is 31.8 Å². The normalized spacial score (nSPS) is 11.4. The summed E-state index contributed by atoms with van der Waals surface area (Å²) in [7, 11) is 1.40. The van der Waals surface area contributed by atoms with E-state index in [9.17, 15) is 4.79 Å². The van der Waals surface area contributed by atoms with Crippen LogP contribution in [0.3, 0.4) is 0 Å². The Kier molecular flexibility index (Phi) is 3.95. The molecule has 0 aliphatic rings. The molecule has 2 aromatic rings. The first-order valence-electron chi connectivity index (χ1n) is 6.47. The average Bonchev–Trinajstić information content (AvgIpc) is 2.83. The molecule has 3 nitrogen and oxygen atoms in total. The first kappa shape index (κ1) is 14.7. The van der Waals surface area contributed by atoms with Crippen LogP contribution in [0.2, 0.25) is 0 Å². The van der Waals surface area contributed by atoms with E-state index in [1.165, 1.54) is 7.11 Å². The van der Waals surface area contributed by atoms with E-state index in [-0.39, 0.29) is 11.4 Å². The van der Waals surface area contributed by atoms with Gasteiger partial charge in [-0.25, -0.2) is 9.78 Å². The molecule has 1 aromatic heterocycles. The standard InChI is InChI=1S/C16H19NO2S/c1-10-17-14(9-20-10)11-6-12(15(18)19-5)8-13(7-11)16(2,3)4/h6-9H,1-5H3. The van der Waals surface area contributed by atoms with Gasteiger partial charge < -0.3 is 4.74 Å². The third-order valence-electron chi connectivity index (χ3n) is 3.13. The Labute approximate surface area is 123 Å². The summed E-state index contributed by atoms with van der Waals surface area (Å²) in [5.74, 6) is -0.315. The van der Waals surface area contributed by atoms with Crippen molar-refractivity contribution in [2.24, 2.45) is 0 Å². The zero-order valence-electron chi connectivity index (χ0n) is 12.5. The minimum absolute atomic E-state index is 0.0378. The van der Waals surface area contributed by atoms with Crippen molar-refractivity contribution in [3.63, 3.8) is 0 Å². The van der Waals surface area contributed by atoms with Crippen LogP contribution in [0.15, 0.2) is 23.6 Å². The fourth-order valence-corrected chi connectivity index (χ4v) is 2.56. The molecule has 0 saturated carbocycles. The van der Waals surface area contributed by atoms with Crippen LogP contribution >= 0.6 is 11.3 Å². The molecule has 0 fully saturated rings. The van der Waals surface area contributed by atoms with Crippen molar-refractivity contribution >= 4 is 17.3 Å². The van der Waals surface area contributed by atoms with Crippen LogP contribution in [0, 0.1) is 6.92 Å². The number of aryl methyl sites for hydroxylation is 1. The number of carbonyl (C=O) groups is 1. The number of thiazole rings is 1. The van der Waals surface area contributed by atoms with Gasteiger partial charge in [0, 0.05) is 10.9 Å². The molecule has 0 radical (unpaired) electrons. The number of ether oxygens (including phenoxy) is 1. The van der Waals surface area contributed by atoms with Crippen LogP contribution in [-0.4, -0.2) is 18.1 Å². The molecule has 20 heavy (non-hydrogen) atoms. The lowest BCUT2D eigenvalue weighted by atomic mass is 9.84. The SMILES string of the molecule is COC(=O)c1cc(-c2csc(C)n2)cc(C(C)(C)C)c1. The van der Waals surface area contributed by atoms with Gasteiger partial charge in [-0.15, -0.1) is 11.3 Å². The Hall–Kier alpha value is -1.68. The summed E-state index contributed by atoms with van der Waals surface area (Å²) in [5, 5.41) is 3.03. The van der Waals surface area contributed by atoms with Gasteiger partial charge in [0.1, 0.15) is 0 Å². The Morgan fingerprint density at radius 3 is 2.45 bits per heavy atom. The van der Waals surface area contributed by atoms with Gasteiger partial charge in [0.25, 0.3) is 0 Å². The summed E-state index contributed by atoms with van der Waals surface area (Å²) >= 11 is 1.61. The van der Waals surface area contributed by atoms with E-state index in [0.717, 1.165) is 21.8 Å². The fourth-order valence-electron chi connectivity index (χ4n) is 1.94. The quantitative estimate of drug-likeness (QED) is 0.778. The lowest BCUT2D eigenvalue weighted by molar-refractivity contribution is 0.0600. The van der Waals surface area contributed by atoms with Gasteiger partial charge in [-0.1, -0.05) is 20.8 Å². The van der Waals surface area contributed by atoms with Crippen molar-refractivity contribution in [1.29, 1.82) is 0 Å². The third kappa shape index (κ3) is 3.07. The zero-order valence-corrected chi connectivity index (χ0v) is 13.3. The number of rotatable bonds is 2. The molecule has 0 spiro atoms. The zero-order chi connectivity index (χ0) is 14.9. The maximum absolute atomic E-state index is 11.8. The van der Waals surface area contributed by atoms with Crippen molar-refractivity contribution in [2.75, 3.05) is 7.11 Å². The molecular weight excluding hydrogens is 270 g/mol. The molecule has 2 rings (SSSR count). The molecule has 4 heteroatoms. The number of carbonyl (C=O) groups excluding carboxylic acids is 1. The fraction of sp³-hybridized carbons (Fsp3) is 0.375. The topological polar surface area (TPSA) is 39.2 Å². The van der Waals surface area contributed by atoms with Crippen molar-refractivity contribution in [2.45, 2.75) is 33.1 Å². The lowest BCUT2D eigenvalue weighted by Gasteiger charge is -2.20. The highest BCUT2D eigenvalue weighted by Crippen LogP contribution is 2.30. The van der Waals surface area contributed by atoms with Gasteiger partial charge in [0.05, 0.1) is 23.4 Å². The minimum atomic E-state index is -0.315. The Balaban J connectivity index is 2.59. The third-order valence-corrected chi connectivity index (χ3v) is 3.91. The highest BCUT2D eigenvalue weighted by Gasteiger charge is 2.19. The maximum Gasteiger partial charge on any atom is 0.337 e. The average molecular weight is 289 g/mol. The van der Waals surface area contributed by atoms with Crippen LogP contribution in [0.25, 0.3) is 11.3 Å². The van der Waals surface area contributed by atoms with Crippen molar-refractivity contribution in [3.05, 3.63) is 39.7 Å². The number of hydrogen-bond donors (Lipinski definition) is 0. The highest BCUT2D eigenvalue weighted by atomic mass is 32.1. The molecule has 1 heterocycles. The molecule has 0 aliphatic heterocycles. The second-order valence-electron chi connectivity index (χ2n) is 5.79. The first-order valence-corrected chi connectivity index (χ1v) is 7.35. The van der Waals surface area contributed by atoms with Crippen molar-refractivity contribution in [3.8, 4) is 11.3 Å². The van der Waals surface area contributed by atoms with E-state index in [4.69, 9.17) is 4.74 Å². The van der Waals surface area contributed by atoms with Gasteiger partial charge in [-0.2, -0.15) is 0 Å². The van der Waals surface area contributed by atoms with Crippen LogP contribution in [0.1, 0.15) is 41.7 Å². The number of benzene rings is 1. The van der Waals surface area contributed by atoms with E-state index in [0.29, 0.717) is 5.56 Å². The Morgan fingerprint density at radius 2 is 1.95 bits per heavy atom. The Morgan fingerprint density at radius 1 is 1.25 bits per heavy atom. The van der Waals surface area contributed by atoms with Gasteiger partial charge in [0.2, 0.25) is 0 Å². The van der Waals surface area contributed by atoms with Gasteiger partial charge in [-0.3, -0.25) is 0 Å². The summed E-state index contributed by atoms with van der Waals surface area (Å²) in [5.41, 5.74) is 3.50. The van der Waals surface area contributed by atoms with Crippen LogP contribution in [0.5, 0.6) is 0 Å². The molecule has 0 saturated heterocycles. The number of aromatic nitrogens is 1. The molecule has 1 aromatic carbocycles. The molecule has 0 bridgehead atoms. The molecule has 0 unspecified atom stereocenters. The second kappa shape index (κ2) is 5.37. The largest absolute Gasteiger partial charge is 0.465 e. The predicted octanol–water partition coefficient (Wildman–Crippen LogP) is 4.20. The van der Waals surface area contributed by atoms with Crippen LogP contribution in [-0.2, 0) is 10.2 Å². The number of hydrogen-bond acceptors (Lipinski definition) is 4. The summed E-state index contributed by atoms with van der Waals surface area (Å²) < 4.78 is 4.84. The van der Waals surface area contributed by atoms with E-state index >= 15 is 0 Å².